The first-order chi connectivity index (χ1) is 23.4. The molecule has 2 aliphatic rings. The zero-order chi connectivity index (χ0) is 34.6. The number of fused-ring (bicyclic) bond motifs is 1. The number of aromatic nitrogens is 1. The van der Waals surface area contributed by atoms with Gasteiger partial charge < -0.3 is 34.6 Å². The van der Waals surface area contributed by atoms with E-state index in [4.69, 9.17) is 19.0 Å². The summed E-state index contributed by atoms with van der Waals surface area (Å²) in [6.45, 7) is 5.97. The lowest BCUT2D eigenvalue weighted by Crippen LogP contribution is -2.73. The van der Waals surface area contributed by atoms with Gasteiger partial charge in [0.05, 0.1) is 13.2 Å². The van der Waals surface area contributed by atoms with E-state index in [1.165, 1.54) is 80.5 Å². The van der Waals surface area contributed by atoms with Gasteiger partial charge in [-0.2, -0.15) is 0 Å². The van der Waals surface area contributed by atoms with Crippen LogP contribution in [0, 0.1) is 0 Å². The Morgan fingerprint density at radius 2 is 1.62 bits per heavy atom. The maximum atomic E-state index is 13.4. The highest BCUT2D eigenvalue weighted by atomic mass is 32.2. The van der Waals surface area contributed by atoms with E-state index in [1.54, 1.807) is 11.5 Å². The number of nitrogens with zero attached hydrogens (tertiary/aromatic N) is 3. The highest BCUT2D eigenvalue weighted by Gasteiger charge is 2.54. The van der Waals surface area contributed by atoms with Gasteiger partial charge in [0.2, 0.25) is 12.3 Å². The van der Waals surface area contributed by atoms with Gasteiger partial charge in [-0.05, 0) is 24.3 Å². The minimum Gasteiger partial charge on any atom is -0.456 e. The first-order valence-corrected chi connectivity index (χ1v) is 18.9. The Kier molecular flexibility index (Phi) is 18.6. The molecule has 0 aliphatic carbocycles. The minimum absolute atomic E-state index is 0.156. The number of β-lactam (4-membered cyclic amide) rings is 1. The molecule has 1 saturated heterocycles. The molecule has 3 rings (SSSR count). The lowest BCUT2D eigenvalue weighted by Gasteiger charge is -2.50. The molecule has 15 heteroatoms. The van der Waals surface area contributed by atoms with Gasteiger partial charge in [-0.15, -0.1) is 23.1 Å². The summed E-state index contributed by atoms with van der Waals surface area (Å²) in [5, 5.41) is 11.9. The highest BCUT2D eigenvalue weighted by molar-refractivity contribution is 8.02. The van der Waals surface area contributed by atoms with Crippen molar-refractivity contribution in [1.29, 1.82) is 0 Å². The monoisotopic (exact) mass is 709 g/mol. The molecule has 0 radical (unpaired) electrons. The van der Waals surface area contributed by atoms with Gasteiger partial charge in [-0.25, -0.2) is 9.78 Å². The number of carbonyl (C=O) groups is 4. The third-order valence-electron chi connectivity index (χ3n) is 7.89. The predicted octanol–water partition coefficient (Wildman–Crippen LogP) is 5.01. The molecule has 0 aromatic carbocycles. The summed E-state index contributed by atoms with van der Waals surface area (Å²) in [7, 11) is 1.28. The maximum absolute atomic E-state index is 13.4. The first-order valence-electron chi connectivity index (χ1n) is 17.0. The van der Waals surface area contributed by atoms with Crippen molar-refractivity contribution in [2.24, 2.45) is 5.16 Å². The number of rotatable bonds is 26. The fraction of sp³-hybridized carbons (Fsp3) is 0.697. The third-order valence-corrected chi connectivity index (χ3v) is 9.75. The number of hydrogen-bond donors (Lipinski definition) is 2. The van der Waals surface area contributed by atoms with E-state index in [0.717, 1.165) is 37.0 Å². The number of hydrogen-bond acceptors (Lipinski definition) is 12. The molecule has 3 atom stereocenters. The average Bonchev–Trinajstić information content (AvgIpc) is 3.55. The fourth-order valence-electron chi connectivity index (χ4n) is 5.30. The zero-order valence-corrected chi connectivity index (χ0v) is 30.0. The highest BCUT2D eigenvalue weighted by Crippen LogP contribution is 2.37. The van der Waals surface area contributed by atoms with Crippen LogP contribution in [-0.4, -0.2) is 96.9 Å². The van der Waals surface area contributed by atoms with Crippen LogP contribution in [-0.2, 0) is 38.2 Å². The average molecular weight is 710 g/mol. The van der Waals surface area contributed by atoms with Crippen molar-refractivity contribution in [3.63, 3.8) is 0 Å². The Labute approximate surface area is 291 Å². The normalized spacial score (nSPS) is 18.8. The zero-order valence-electron chi connectivity index (χ0n) is 28.4. The van der Waals surface area contributed by atoms with Gasteiger partial charge >= 0.3 is 5.97 Å². The second-order valence-corrected chi connectivity index (χ2v) is 13.5. The van der Waals surface area contributed by atoms with Gasteiger partial charge in [0, 0.05) is 18.6 Å². The molecule has 268 valence electrons. The lowest BCUT2D eigenvalue weighted by molar-refractivity contribution is -0.169. The topological polar surface area (TPSA) is 158 Å². The molecular weight excluding hydrogens is 659 g/mol. The van der Waals surface area contributed by atoms with Crippen LogP contribution in [0.15, 0.2) is 22.0 Å². The van der Waals surface area contributed by atoms with Crippen LogP contribution >= 0.6 is 23.1 Å². The summed E-state index contributed by atoms with van der Waals surface area (Å²) in [5.74, 6) is -1.69. The third kappa shape index (κ3) is 12.5. The summed E-state index contributed by atoms with van der Waals surface area (Å²) in [5.41, 5.74) is 0.0180. The van der Waals surface area contributed by atoms with Crippen LogP contribution in [0.2, 0.25) is 0 Å². The van der Waals surface area contributed by atoms with E-state index in [1.807, 2.05) is 0 Å². The minimum atomic E-state index is -0.945. The molecule has 0 spiro atoms. The smallest absolute Gasteiger partial charge is 0.333 e. The van der Waals surface area contributed by atoms with Crippen molar-refractivity contribution in [3.8, 4) is 0 Å². The van der Waals surface area contributed by atoms with E-state index in [2.05, 4.69) is 34.6 Å². The van der Waals surface area contributed by atoms with Gasteiger partial charge in [0.15, 0.2) is 10.8 Å². The molecule has 48 heavy (non-hydrogen) atoms. The second kappa shape index (κ2) is 22.6. The Morgan fingerprint density at radius 3 is 2.23 bits per heavy atom. The van der Waals surface area contributed by atoms with Crippen molar-refractivity contribution in [2.45, 2.75) is 114 Å². The van der Waals surface area contributed by atoms with E-state index in [0.29, 0.717) is 19.6 Å². The molecule has 1 aromatic heterocycles. The van der Waals surface area contributed by atoms with Gasteiger partial charge in [-0.3, -0.25) is 14.4 Å². The Balaban J connectivity index is 1.54. The van der Waals surface area contributed by atoms with E-state index >= 15 is 0 Å². The maximum Gasteiger partial charge on any atom is 0.333 e. The van der Waals surface area contributed by atoms with Crippen LogP contribution in [0.5, 0.6) is 0 Å². The summed E-state index contributed by atoms with van der Waals surface area (Å²) >= 11 is 2.41. The number of thioether (sulfide) groups is 1. The van der Waals surface area contributed by atoms with Crippen molar-refractivity contribution >= 4 is 58.1 Å². The number of anilines is 1. The molecule has 2 N–H and O–H groups in total. The number of ether oxygens (including phenoxy) is 3. The van der Waals surface area contributed by atoms with Crippen molar-refractivity contribution in [1.82, 2.24) is 15.2 Å². The number of carbonyl (C=O) groups excluding carboxylic acids is 4. The van der Waals surface area contributed by atoms with Crippen LogP contribution in [0.1, 0.15) is 96.6 Å². The SMILES string of the molecule is CCCCCCCCOCC(COCCCCCCCC)OC(=O)C1C=CS[C@@H]2C(NC(=O)C(=NOC)c3csc(NC=O)n3)C(=O)N12. The van der Waals surface area contributed by atoms with E-state index in [9.17, 15) is 19.2 Å². The summed E-state index contributed by atoms with van der Waals surface area (Å²) in [4.78, 5) is 61.0. The first kappa shape index (κ1) is 39.4. The number of thiazole rings is 1. The van der Waals surface area contributed by atoms with Gasteiger partial charge in [0.25, 0.3) is 5.91 Å². The van der Waals surface area contributed by atoms with Crippen LogP contribution in [0.3, 0.4) is 0 Å². The van der Waals surface area contributed by atoms with Crippen molar-refractivity contribution in [3.05, 3.63) is 22.6 Å². The molecule has 1 aromatic rings. The van der Waals surface area contributed by atoms with E-state index in [-0.39, 0.29) is 29.8 Å². The van der Waals surface area contributed by atoms with Crippen molar-refractivity contribution < 1.29 is 38.2 Å². The predicted molar refractivity (Wildman–Crippen MR) is 187 cm³/mol. The fourth-order valence-corrected chi connectivity index (χ4v) is 7.06. The number of esters is 1. The van der Waals surface area contributed by atoms with Gasteiger partial charge in [0.1, 0.15) is 36.4 Å². The second-order valence-electron chi connectivity index (χ2n) is 11.7. The standard InChI is InChI=1S/C33H51N5O8S2/c1-4-6-8-10-12-14-17-44-20-24(21-45-18-15-13-11-9-7-5-2)46-32(42)26-16-19-47-31-28(30(41)38(26)31)36-29(40)27(37-43-3)25-22-48-33(35-25)34-23-39/h16,19,22-24,26,28,31H,4-15,17-18,20-21H2,1-3H3,(H,36,40)(H,34,35,39)/t26?,28?,31-/m1/s1. The Morgan fingerprint density at radius 1 is 1.00 bits per heavy atom. The molecule has 0 saturated carbocycles. The summed E-state index contributed by atoms with van der Waals surface area (Å²) < 4.78 is 17.7. The van der Waals surface area contributed by atoms with Gasteiger partial charge in [-0.1, -0.05) is 83.2 Å². The quantitative estimate of drug-likeness (QED) is 0.0335. The molecule has 13 nitrogen and oxygen atoms in total. The Bertz CT molecular complexity index is 1190. The molecule has 3 heterocycles. The molecule has 1 fully saturated rings. The molecular formula is C33H51N5O8S2. The van der Waals surface area contributed by atoms with Crippen LogP contribution in [0.4, 0.5) is 5.13 Å². The lowest BCUT2D eigenvalue weighted by atomic mass is 10.0. The summed E-state index contributed by atoms with van der Waals surface area (Å²) in [6.07, 6.45) is 15.3. The summed E-state index contributed by atoms with van der Waals surface area (Å²) in [6, 6.07) is -1.85. The molecule has 2 unspecified atom stereocenters. The molecule has 0 bridgehead atoms. The van der Waals surface area contributed by atoms with Crippen LogP contribution < -0.4 is 10.6 Å². The molecule has 2 aliphatic heterocycles. The van der Waals surface area contributed by atoms with Crippen LogP contribution in [0.25, 0.3) is 0 Å². The number of unbranched alkanes of at least 4 members (excludes halogenated alkanes) is 10. The number of oxime groups is 1. The number of amides is 3. The van der Waals surface area contributed by atoms with E-state index < -0.39 is 41.3 Å². The molecule has 3 amide bonds. The number of nitrogens with one attached hydrogen (secondary N) is 2. The Hall–Kier alpha value is -3.01. The largest absolute Gasteiger partial charge is 0.456 e. The van der Waals surface area contributed by atoms with Crippen molar-refractivity contribution in [2.75, 3.05) is 38.9 Å².